The molecule has 0 aromatic heterocycles. The van der Waals surface area contributed by atoms with E-state index in [4.69, 9.17) is 14.2 Å². The van der Waals surface area contributed by atoms with Gasteiger partial charge >= 0.3 is 0 Å². The third kappa shape index (κ3) is 7.05. The van der Waals surface area contributed by atoms with Crippen LogP contribution < -0.4 is 24.8 Å². The zero-order valence-electron chi connectivity index (χ0n) is 17.0. The molecule has 0 bridgehead atoms. The zero-order chi connectivity index (χ0) is 21.0. The molecular formula is C24H26N2O4. The van der Waals surface area contributed by atoms with Gasteiger partial charge in [-0.1, -0.05) is 36.4 Å². The van der Waals surface area contributed by atoms with E-state index >= 15 is 0 Å². The molecule has 0 aliphatic carbocycles. The third-order valence-electron chi connectivity index (χ3n) is 4.30. The number of hydrogen-bond donors (Lipinski definition) is 2. The summed E-state index contributed by atoms with van der Waals surface area (Å²) in [5.74, 6) is 2.24. The number of ether oxygens (including phenoxy) is 3. The number of hydrogen-bond acceptors (Lipinski definition) is 5. The summed E-state index contributed by atoms with van der Waals surface area (Å²) in [4.78, 5) is 12.1. The molecule has 2 N–H and O–H groups in total. The van der Waals surface area contributed by atoms with Crippen LogP contribution in [0.5, 0.6) is 17.2 Å². The summed E-state index contributed by atoms with van der Waals surface area (Å²) in [7, 11) is 1.63. The molecule has 1 amide bonds. The van der Waals surface area contributed by atoms with E-state index in [0.717, 1.165) is 28.5 Å². The summed E-state index contributed by atoms with van der Waals surface area (Å²) >= 11 is 0. The lowest BCUT2D eigenvalue weighted by Gasteiger charge is -2.11. The summed E-state index contributed by atoms with van der Waals surface area (Å²) in [5, 5.41) is 6.00. The molecule has 0 radical (unpaired) electrons. The van der Waals surface area contributed by atoms with Crippen LogP contribution in [0.3, 0.4) is 0 Å². The lowest BCUT2D eigenvalue weighted by molar-refractivity contribution is -0.119. The first-order valence-corrected chi connectivity index (χ1v) is 9.77. The summed E-state index contributed by atoms with van der Waals surface area (Å²) in [6, 6.07) is 24.7. The fourth-order valence-corrected chi connectivity index (χ4v) is 2.72. The normalized spacial score (nSPS) is 10.2. The first-order chi connectivity index (χ1) is 14.7. The Balaban J connectivity index is 1.37. The minimum Gasteiger partial charge on any atom is -0.497 e. The molecule has 6 nitrogen and oxygen atoms in total. The van der Waals surface area contributed by atoms with Crippen molar-refractivity contribution in [2.24, 2.45) is 0 Å². The smallest absolute Gasteiger partial charge is 0.239 e. The number of para-hydroxylation sites is 1. The Morgan fingerprint density at radius 2 is 1.50 bits per heavy atom. The van der Waals surface area contributed by atoms with Crippen LogP contribution in [0.25, 0.3) is 0 Å². The summed E-state index contributed by atoms with van der Waals surface area (Å²) in [5.41, 5.74) is 1.83. The van der Waals surface area contributed by atoms with E-state index in [-0.39, 0.29) is 12.5 Å². The molecule has 3 rings (SSSR count). The van der Waals surface area contributed by atoms with E-state index in [9.17, 15) is 4.79 Å². The second-order valence-corrected chi connectivity index (χ2v) is 6.52. The van der Waals surface area contributed by atoms with Crippen molar-refractivity contribution in [3.63, 3.8) is 0 Å². The van der Waals surface area contributed by atoms with Crippen molar-refractivity contribution in [1.29, 1.82) is 0 Å². The monoisotopic (exact) mass is 406 g/mol. The first-order valence-electron chi connectivity index (χ1n) is 9.77. The van der Waals surface area contributed by atoms with Gasteiger partial charge in [0, 0.05) is 18.3 Å². The highest BCUT2D eigenvalue weighted by atomic mass is 16.5. The van der Waals surface area contributed by atoms with Crippen LogP contribution in [0.4, 0.5) is 5.69 Å². The van der Waals surface area contributed by atoms with Gasteiger partial charge < -0.3 is 24.8 Å². The van der Waals surface area contributed by atoms with Gasteiger partial charge in [-0.2, -0.15) is 0 Å². The predicted octanol–water partition coefficient (Wildman–Crippen LogP) is 3.88. The highest BCUT2D eigenvalue weighted by molar-refractivity contribution is 5.80. The molecular weight excluding hydrogens is 380 g/mol. The van der Waals surface area contributed by atoms with E-state index in [1.165, 1.54) is 0 Å². The number of anilines is 1. The molecule has 0 atom stereocenters. The zero-order valence-corrected chi connectivity index (χ0v) is 17.0. The van der Waals surface area contributed by atoms with Crippen molar-refractivity contribution in [2.75, 3.05) is 32.2 Å². The molecule has 30 heavy (non-hydrogen) atoms. The standard InChI is InChI=1S/C24H26N2O4/c1-28-21-12-10-19(11-13-21)17-26-24(27)18-25-20-6-5-9-23(16-20)30-15-14-29-22-7-3-2-4-8-22/h2-13,16,25H,14-15,17-18H2,1H3,(H,26,27). The van der Waals surface area contributed by atoms with Crippen molar-refractivity contribution in [3.8, 4) is 17.2 Å². The van der Waals surface area contributed by atoms with Crippen molar-refractivity contribution in [2.45, 2.75) is 6.54 Å². The van der Waals surface area contributed by atoms with Crippen LogP contribution >= 0.6 is 0 Å². The van der Waals surface area contributed by atoms with Crippen molar-refractivity contribution < 1.29 is 19.0 Å². The minimum absolute atomic E-state index is 0.0894. The van der Waals surface area contributed by atoms with Crippen molar-refractivity contribution in [3.05, 3.63) is 84.4 Å². The molecule has 156 valence electrons. The highest BCUT2D eigenvalue weighted by Crippen LogP contribution is 2.17. The van der Waals surface area contributed by atoms with Gasteiger partial charge in [0.25, 0.3) is 0 Å². The van der Waals surface area contributed by atoms with E-state index in [1.807, 2.05) is 78.9 Å². The van der Waals surface area contributed by atoms with Gasteiger partial charge in [-0.05, 0) is 42.0 Å². The van der Waals surface area contributed by atoms with E-state index in [1.54, 1.807) is 7.11 Å². The Labute approximate surface area is 176 Å². The Bertz CT molecular complexity index is 914. The minimum atomic E-state index is -0.0894. The summed E-state index contributed by atoms with van der Waals surface area (Å²) in [6.45, 7) is 1.53. The molecule has 6 heteroatoms. The number of benzene rings is 3. The first kappa shape index (κ1) is 21.0. The Morgan fingerprint density at radius 1 is 0.800 bits per heavy atom. The van der Waals surface area contributed by atoms with Gasteiger partial charge in [-0.3, -0.25) is 4.79 Å². The molecule has 0 saturated carbocycles. The van der Waals surface area contributed by atoms with Gasteiger partial charge in [0.15, 0.2) is 0 Å². The van der Waals surface area contributed by atoms with Gasteiger partial charge in [-0.25, -0.2) is 0 Å². The Morgan fingerprint density at radius 3 is 2.23 bits per heavy atom. The van der Waals surface area contributed by atoms with Crippen LogP contribution in [0.15, 0.2) is 78.9 Å². The number of rotatable bonds is 11. The van der Waals surface area contributed by atoms with Gasteiger partial charge in [0.05, 0.1) is 13.7 Å². The number of carbonyl (C=O) groups is 1. The fraction of sp³-hybridized carbons (Fsp3) is 0.208. The summed E-state index contributed by atoms with van der Waals surface area (Å²) < 4.78 is 16.5. The van der Waals surface area contributed by atoms with Crippen LogP contribution in [-0.2, 0) is 11.3 Å². The second kappa shape index (κ2) is 11.4. The average Bonchev–Trinajstić information content (AvgIpc) is 2.80. The Kier molecular flexibility index (Phi) is 7.97. The van der Waals surface area contributed by atoms with Crippen LogP contribution in [0, 0.1) is 0 Å². The van der Waals surface area contributed by atoms with E-state index in [2.05, 4.69) is 10.6 Å². The van der Waals surface area contributed by atoms with Crippen LogP contribution in [0.1, 0.15) is 5.56 Å². The lowest BCUT2D eigenvalue weighted by atomic mass is 10.2. The van der Waals surface area contributed by atoms with E-state index < -0.39 is 0 Å². The molecule has 3 aromatic carbocycles. The third-order valence-corrected chi connectivity index (χ3v) is 4.30. The number of carbonyl (C=O) groups excluding carboxylic acids is 1. The maximum absolute atomic E-state index is 12.1. The highest BCUT2D eigenvalue weighted by Gasteiger charge is 2.03. The number of methoxy groups -OCH3 is 1. The van der Waals surface area contributed by atoms with Crippen molar-refractivity contribution >= 4 is 11.6 Å². The largest absolute Gasteiger partial charge is 0.497 e. The average molecular weight is 406 g/mol. The molecule has 0 heterocycles. The van der Waals surface area contributed by atoms with Crippen LogP contribution in [-0.4, -0.2) is 32.8 Å². The molecule has 0 aliphatic rings. The molecule has 0 unspecified atom stereocenters. The SMILES string of the molecule is COc1ccc(CNC(=O)CNc2cccc(OCCOc3ccccc3)c2)cc1. The maximum Gasteiger partial charge on any atom is 0.239 e. The second-order valence-electron chi connectivity index (χ2n) is 6.52. The van der Waals surface area contributed by atoms with Crippen molar-refractivity contribution in [1.82, 2.24) is 5.32 Å². The number of amides is 1. The molecule has 0 spiro atoms. The number of nitrogens with one attached hydrogen (secondary N) is 2. The lowest BCUT2D eigenvalue weighted by Crippen LogP contribution is -2.29. The van der Waals surface area contributed by atoms with Gasteiger partial charge in [0.1, 0.15) is 30.5 Å². The van der Waals surface area contributed by atoms with E-state index in [0.29, 0.717) is 19.8 Å². The van der Waals surface area contributed by atoms with Gasteiger partial charge in [0.2, 0.25) is 5.91 Å². The molecule has 0 aliphatic heterocycles. The fourth-order valence-electron chi connectivity index (χ4n) is 2.72. The summed E-state index contributed by atoms with van der Waals surface area (Å²) in [6.07, 6.45) is 0. The van der Waals surface area contributed by atoms with Gasteiger partial charge in [-0.15, -0.1) is 0 Å². The molecule has 0 fully saturated rings. The van der Waals surface area contributed by atoms with Crippen LogP contribution in [0.2, 0.25) is 0 Å². The maximum atomic E-state index is 12.1. The molecule has 0 saturated heterocycles. The quantitative estimate of drug-likeness (QED) is 0.473. The Hall–Kier alpha value is -3.67. The molecule has 3 aromatic rings. The predicted molar refractivity (Wildman–Crippen MR) is 117 cm³/mol. The topological polar surface area (TPSA) is 68.8 Å².